The maximum Gasteiger partial charge on any atom is 0.225 e. The minimum atomic E-state index is -0.187. The van der Waals surface area contributed by atoms with Gasteiger partial charge in [0.1, 0.15) is 6.23 Å². The van der Waals surface area contributed by atoms with Crippen LogP contribution in [-0.4, -0.2) is 17.7 Å². The van der Waals surface area contributed by atoms with Crippen LogP contribution in [-0.2, 0) is 9.53 Å². The van der Waals surface area contributed by atoms with Crippen LogP contribution in [0.5, 0.6) is 0 Å². The van der Waals surface area contributed by atoms with Crippen molar-refractivity contribution in [3.8, 4) is 0 Å². The zero-order valence-electron chi connectivity index (χ0n) is 14.4. The summed E-state index contributed by atoms with van der Waals surface area (Å²) in [5.74, 6) is 3.33. The second kappa shape index (κ2) is 4.96. The van der Waals surface area contributed by atoms with E-state index in [1.807, 2.05) is 0 Å². The summed E-state index contributed by atoms with van der Waals surface area (Å²) in [5.41, 5.74) is 0.306. The van der Waals surface area contributed by atoms with Gasteiger partial charge in [-0.2, -0.15) is 0 Å². The summed E-state index contributed by atoms with van der Waals surface area (Å²) in [4.78, 5) is 12.4. The Balaban J connectivity index is 1.42. The molecule has 1 heterocycles. The fourth-order valence-corrected chi connectivity index (χ4v) is 6.44. The summed E-state index contributed by atoms with van der Waals surface area (Å²) in [6, 6.07) is 0. The van der Waals surface area contributed by atoms with Crippen LogP contribution in [0.3, 0.4) is 0 Å². The zero-order chi connectivity index (χ0) is 15.5. The lowest BCUT2D eigenvalue weighted by Gasteiger charge is -2.57. The van der Waals surface area contributed by atoms with Gasteiger partial charge in [-0.25, -0.2) is 0 Å². The van der Waals surface area contributed by atoms with Crippen molar-refractivity contribution in [1.29, 1.82) is 0 Å². The van der Waals surface area contributed by atoms with Crippen LogP contribution in [0.1, 0.15) is 72.1 Å². The van der Waals surface area contributed by atoms with Gasteiger partial charge in [0.25, 0.3) is 0 Å². The molecule has 0 spiro atoms. The minimum absolute atomic E-state index is 0.0774. The molecule has 124 valence electrons. The molecule has 4 aliphatic carbocycles. The number of nitrogens with one attached hydrogen (secondary N) is 1. The number of rotatable bonds is 3. The highest BCUT2D eigenvalue weighted by molar-refractivity contribution is 5.81. The Morgan fingerprint density at radius 1 is 1.05 bits per heavy atom. The Bertz CT molecular complexity index is 429. The van der Waals surface area contributed by atoms with Crippen molar-refractivity contribution in [1.82, 2.24) is 5.32 Å². The number of carbonyl (C=O) groups excluding carboxylic acids is 1. The van der Waals surface area contributed by atoms with E-state index in [0.717, 1.165) is 30.6 Å². The lowest BCUT2D eigenvalue weighted by molar-refractivity contribution is -0.127. The number of hydrogen-bond donors (Lipinski definition) is 1. The molecule has 5 rings (SSSR count). The summed E-state index contributed by atoms with van der Waals surface area (Å²) in [6.45, 7) is 6.18. The first-order valence-electron chi connectivity index (χ1n) is 9.28. The predicted molar refractivity (Wildman–Crippen MR) is 86.1 cm³/mol. The molecule has 0 aromatic rings. The second-order valence-corrected chi connectivity index (χ2v) is 9.78. The molecule has 2 atom stereocenters. The third-order valence-electron chi connectivity index (χ3n) is 6.51. The van der Waals surface area contributed by atoms with E-state index in [2.05, 4.69) is 26.1 Å². The highest BCUT2D eigenvalue weighted by Gasteiger charge is 2.52. The van der Waals surface area contributed by atoms with Crippen LogP contribution in [0.4, 0.5) is 0 Å². The fourth-order valence-electron chi connectivity index (χ4n) is 6.44. The van der Waals surface area contributed by atoms with Crippen molar-refractivity contribution >= 4 is 5.91 Å². The molecule has 1 amide bonds. The number of amides is 1. The van der Waals surface area contributed by atoms with Gasteiger partial charge in [-0.1, -0.05) is 0 Å². The van der Waals surface area contributed by atoms with Gasteiger partial charge in [-0.15, -0.1) is 0 Å². The molecule has 1 aliphatic heterocycles. The van der Waals surface area contributed by atoms with Crippen molar-refractivity contribution in [2.75, 3.05) is 0 Å². The highest BCUT2D eigenvalue weighted by atomic mass is 16.5. The molecule has 2 unspecified atom stereocenters. The molecule has 22 heavy (non-hydrogen) atoms. The van der Waals surface area contributed by atoms with Gasteiger partial charge in [0, 0.05) is 12.3 Å². The number of ether oxygens (including phenoxy) is 1. The van der Waals surface area contributed by atoms with E-state index in [0.29, 0.717) is 5.41 Å². The van der Waals surface area contributed by atoms with Gasteiger partial charge >= 0.3 is 0 Å². The van der Waals surface area contributed by atoms with Crippen molar-refractivity contribution in [2.45, 2.75) is 84.0 Å². The molecule has 0 aromatic heterocycles. The Hall–Kier alpha value is -0.570. The summed E-state index contributed by atoms with van der Waals surface area (Å²) in [6.07, 6.45) is 10.5. The predicted octanol–water partition coefficient (Wildman–Crippen LogP) is 3.87. The Kier molecular flexibility index (Phi) is 3.38. The number of carbonyl (C=O) groups is 1. The van der Waals surface area contributed by atoms with E-state index >= 15 is 0 Å². The Morgan fingerprint density at radius 3 is 2.09 bits per heavy atom. The van der Waals surface area contributed by atoms with Gasteiger partial charge in [-0.05, 0) is 88.9 Å². The number of hydrogen-bond acceptors (Lipinski definition) is 2. The Labute approximate surface area is 134 Å². The van der Waals surface area contributed by atoms with Crippen LogP contribution in [0.25, 0.3) is 0 Å². The van der Waals surface area contributed by atoms with Crippen molar-refractivity contribution in [2.24, 2.45) is 29.1 Å². The van der Waals surface area contributed by atoms with E-state index in [1.165, 1.54) is 38.5 Å². The van der Waals surface area contributed by atoms with Crippen LogP contribution in [0.2, 0.25) is 0 Å². The van der Waals surface area contributed by atoms with Gasteiger partial charge in [-0.3, -0.25) is 4.79 Å². The van der Waals surface area contributed by atoms with Crippen LogP contribution in [0, 0.1) is 29.1 Å². The first-order valence-corrected chi connectivity index (χ1v) is 9.28. The molecule has 1 saturated heterocycles. The van der Waals surface area contributed by atoms with Crippen molar-refractivity contribution in [3.63, 3.8) is 0 Å². The Morgan fingerprint density at radius 2 is 1.59 bits per heavy atom. The molecule has 4 saturated carbocycles. The highest BCUT2D eigenvalue weighted by Crippen LogP contribution is 2.62. The molecule has 4 bridgehead atoms. The quantitative estimate of drug-likeness (QED) is 0.859. The first kappa shape index (κ1) is 15.0. The minimum Gasteiger partial charge on any atom is -0.353 e. The molecule has 5 aliphatic rings. The molecule has 5 fully saturated rings. The molecule has 0 aromatic carbocycles. The average molecular weight is 305 g/mol. The lowest BCUT2D eigenvalue weighted by Crippen LogP contribution is -2.47. The largest absolute Gasteiger partial charge is 0.353 e. The van der Waals surface area contributed by atoms with Crippen molar-refractivity contribution in [3.05, 3.63) is 0 Å². The van der Waals surface area contributed by atoms with Crippen LogP contribution < -0.4 is 5.32 Å². The lowest BCUT2D eigenvalue weighted by atomic mass is 9.48. The van der Waals surface area contributed by atoms with Gasteiger partial charge < -0.3 is 10.1 Å². The maximum atomic E-state index is 12.4. The van der Waals surface area contributed by atoms with E-state index in [-0.39, 0.29) is 23.7 Å². The van der Waals surface area contributed by atoms with Gasteiger partial charge in [0.05, 0.1) is 5.60 Å². The normalized spacial score (nSPS) is 47.0. The molecule has 1 N–H and O–H groups in total. The van der Waals surface area contributed by atoms with E-state index < -0.39 is 0 Å². The summed E-state index contributed by atoms with van der Waals surface area (Å²) in [5, 5.41) is 3.08. The SMILES string of the molecule is CC(C)(C)OC1CC(CC23CC4CC(CC(C4)C2)C3)C(=O)N1. The third kappa shape index (κ3) is 2.81. The van der Waals surface area contributed by atoms with E-state index in [1.54, 1.807) is 0 Å². The fraction of sp³-hybridized carbons (Fsp3) is 0.947. The second-order valence-electron chi connectivity index (χ2n) is 9.78. The van der Waals surface area contributed by atoms with Crippen LogP contribution >= 0.6 is 0 Å². The van der Waals surface area contributed by atoms with Crippen LogP contribution in [0.15, 0.2) is 0 Å². The smallest absolute Gasteiger partial charge is 0.225 e. The zero-order valence-corrected chi connectivity index (χ0v) is 14.4. The first-order chi connectivity index (χ1) is 10.3. The van der Waals surface area contributed by atoms with E-state index in [9.17, 15) is 4.79 Å². The van der Waals surface area contributed by atoms with Crippen molar-refractivity contribution < 1.29 is 9.53 Å². The molecule has 3 nitrogen and oxygen atoms in total. The summed E-state index contributed by atoms with van der Waals surface area (Å²) in [7, 11) is 0. The topological polar surface area (TPSA) is 38.3 Å². The standard InChI is InChI=1S/C19H31NO2/c1-18(2,3)22-16-7-15(17(21)20-16)11-19-8-12-4-13(9-19)6-14(5-12)10-19/h12-16H,4-11H2,1-3H3,(H,20,21). The third-order valence-corrected chi connectivity index (χ3v) is 6.51. The summed E-state index contributed by atoms with van der Waals surface area (Å²) >= 11 is 0. The monoisotopic (exact) mass is 305 g/mol. The van der Waals surface area contributed by atoms with E-state index in [4.69, 9.17) is 4.74 Å². The molecular weight excluding hydrogens is 274 g/mol. The van der Waals surface area contributed by atoms with Gasteiger partial charge in [0.2, 0.25) is 5.91 Å². The average Bonchev–Trinajstić information content (AvgIpc) is 2.64. The summed E-state index contributed by atoms with van der Waals surface area (Å²) < 4.78 is 5.99. The molecule has 3 heteroatoms. The maximum absolute atomic E-state index is 12.4. The molecule has 0 radical (unpaired) electrons. The molecular formula is C19H31NO2. The van der Waals surface area contributed by atoms with Gasteiger partial charge in [0.15, 0.2) is 0 Å².